The second kappa shape index (κ2) is 3.96. The Bertz CT molecular complexity index is 546. The second-order valence-electron chi connectivity index (χ2n) is 4.10. The highest BCUT2D eigenvalue weighted by Gasteiger charge is 2.15. The summed E-state index contributed by atoms with van der Waals surface area (Å²) in [4.78, 5) is 0. The highest BCUT2D eigenvalue weighted by Crippen LogP contribution is 2.39. The summed E-state index contributed by atoms with van der Waals surface area (Å²) in [5.41, 5.74) is 5.64. The van der Waals surface area contributed by atoms with Crippen molar-refractivity contribution in [2.24, 2.45) is 0 Å². The third kappa shape index (κ3) is 1.54. The molecule has 0 saturated carbocycles. The number of fused-ring (bicyclic) bond motifs is 1. The molecule has 1 aliphatic rings. The molecular formula is C15H14P. The van der Waals surface area contributed by atoms with Gasteiger partial charge in [-0.1, -0.05) is 37.3 Å². The van der Waals surface area contributed by atoms with Gasteiger partial charge in [-0.25, -0.2) is 0 Å². The zero-order valence-electron chi connectivity index (χ0n) is 9.33. The topological polar surface area (TPSA) is 0 Å². The molecule has 0 nitrogen and oxygen atoms in total. The van der Waals surface area contributed by atoms with Crippen LogP contribution in [0.1, 0.15) is 28.9 Å². The Hall–Kier alpha value is -1.26. The van der Waals surface area contributed by atoms with Crippen LogP contribution in [0.5, 0.6) is 0 Å². The molecule has 0 saturated heterocycles. The van der Waals surface area contributed by atoms with Crippen LogP contribution in [-0.4, -0.2) is 0 Å². The lowest BCUT2D eigenvalue weighted by Gasteiger charge is -2.02. The summed E-state index contributed by atoms with van der Waals surface area (Å²) < 4.78 is 0. The molecule has 1 aromatic carbocycles. The van der Waals surface area contributed by atoms with E-state index in [1.165, 1.54) is 22.3 Å². The van der Waals surface area contributed by atoms with E-state index in [0.29, 0.717) is 0 Å². The first-order chi connectivity index (χ1) is 7.88. The molecule has 1 aliphatic carbocycles. The van der Waals surface area contributed by atoms with Crippen molar-refractivity contribution in [1.82, 2.24) is 0 Å². The summed E-state index contributed by atoms with van der Waals surface area (Å²) in [7, 11) is 0.848. The average Bonchev–Trinajstić information content (AvgIpc) is 2.94. The van der Waals surface area contributed by atoms with Gasteiger partial charge in [-0.3, -0.25) is 0 Å². The molecule has 1 atom stereocenters. The van der Waals surface area contributed by atoms with Gasteiger partial charge in [0.15, 0.2) is 0 Å². The smallest absolute Gasteiger partial charge is 0.0215 e. The van der Waals surface area contributed by atoms with Crippen molar-refractivity contribution < 1.29 is 0 Å². The summed E-state index contributed by atoms with van der Waals surface area (Å²) in [6, 6.07) is 10.9. The van der Waals surface area contributed by atoms with Crippen LogP contribution < -0.4 is 0 Å². The maximum Gasteiger partial charge on any atom is 0.0215 e. The fourth-order valence-corrected chi connectivity index (χ4v) is 3.47. The minimum absolute atomic E-state index is 0.848. The van der Waals surface area contributed by atoms with Crippen LogP contribution in [-0.2, 0) is 6.42 Å². The van der Waals surface area contributed by atoms with Crippen molar-refractivity contribution in [3.8, 4) is 0 Å². The number of aryl methyl sites for hydroxylation is 1. The van der Waals surface area contributed by atoms with E-state index in [0.717, 1.165) is 14.6 Å². The van der Waals surface area contributed by atoms with Crippen LogP contribution in [0.25, 0.3) is 11.6 Å². The molecule has 3 rings (SSSR count). The highest BCUT2D eigenvalue weighted by atomic mass is 31.0. The molecule has 0 amide bonds. The fraction of sp³-hybridized carbons (Fsp3) is 0.133. The molecule has 1 radical (unpaired) electrons. The van der Waals surface area contributed by atoms with E-state index in [9.17, 15) is 0 Å². The Labute approximate surface area is 98.1 Å². The lowest BCUT2D eigenvalue weighted by atomic mass is 10.1. The van der Waals surface area contributed by atoms with Crippen LogP contribution in [0, 0.1) is 6.42 Å². The number of allylic oxidation sites excluding steroid dienone is 1. The maximum absolute atomic E-state index is 2.32. The van der Waals surface area contributed by atoms with E-state index in [1.807, 2.05) is 0 Å². The predicted molar refractivity (Wildman–Crippen MR) is 73.0 cm³/mol. The average molecular weight is 225 g/mol. The van der Waals surface area contributed by atoms with Gasteiger partial charge < -0.3 is 0 Å². The minimum Gasteiger partial charge on any atom is -0.132 e. The molecule has 0 N–H and O–H groups in total. The van der Waals surface area contributed by atoms with Crippen LogP contribution in [0.4, 0.5) is 0 Å². The lowest BCUT2D eigenvalue weighted by molar-refractivity contribution is 1.15. The van der Waals surface area contributed by atoms with Gasteiger partial charge in [0.2, 0.25) is 0 Å². The quantitative estimate of drug-likeness (QED) is 0.711. The Balaban J connectivity index is 2.01. The molecule has 0 aliphatic heterocycles. The third-order valence-electron chi connectivity index (χ3n) is 3.12. The second-order valence-corrected chi connectivity index (χ2v) is 5.23. The standard InChI is InChI=1S/C15H14P/c1-2-11-7-8-16-15(11)14-9-12-5-3-4-6-13(12)10-14/h3-10,16H,2H2,1H3. The molecule has 1 heteroatoms. The molecule has 2 aromatic rings. The van der Waals surface area contributed by atoms with Crippen LogP contribution >= 0.6 is 8.19 Å². The van der Waals surface area contributed by atoms with Crippen molar-refractivity contribution >= 4 is 19.8 Å². The molecule has 0 fully saturated rings. The summed E-state index contributed by atoms with van der Waals surface area (Å²) in [5.74, 6) is 2.30. The van der Waals surface area contributed by atoms with E-state index in [4.69, 9.17) is 0 Å². The van der Waals surface area contributed by atoms with E-state index in [-0.39, 0.29) is 0 Å². The molecule has 0 bridgehead atoms. The van der Waals surface area contributed by atoms with Gasteiger partial charge in [0, 0.05) is 6.42 Å². The van der Waals surface area contributed by atoms with E-state index < -0.39 is 0 Å². The Morgan fingerprint density at radius 1 is 1.06 bits per heavy atom. The highest BCUT2D eigenvalue weighted by molar-refractivity contribution is 7.31. The lowest BCUT2D eigenvalue weighted by Crippen LogP contribution is -1.84. The monoisotopic (exact) mass is 225 g/mol. The van der Waals surface area contributed by atoms with Gasteiger partial charge >= 0.3 is 0 Å². The van der Waals surface area contributed by atoms with E-state index in [2.05, 4.69) is 55.6 Å². The van der Waals surface area contributed by atoms with E-state index in [1.54, 1.807) is 5.30 Å². The molecule has 16 heavy (non-hydrogen) atoms. The van der Waals surface area contributed by atoms with Crippen molar-refractivity contribution in [2.45, 2.75) is 13.3 Å². The van der Waals surface area contributed by atoms with Gasteiger partial charge in [-0.15, -0.1) is 8.19 Å². The first kappa shape index (κ1) is 9.93. The molecule has 1 unspecified atom stereocenters. The van der Waals surface area contributed by atoms with Crippen molar-refractivity contribution in [3.63, 3.8) is 0 Å². The predicted octanol–water partition coefficient (Wildman–Crippen LogP) is 4.39. The molecule has 0 spiro atoms. The SMILES string of the molecule is CCc1cc[pH]c1C1=Cc2ccccc2[CH]1. The summed E-state index contributed by atoms with van der Waals surface area (Å²) in [6.45, 7) is 2.23. The van der Waals surface area contributed by atoms with Crippen molar-refractivity contribution in [3.05, 3.63) is 64.5 Å². The number of hydrogen-bond donors (Lipinski definition) is 0. The van der Waals surface area contributed by atoms with Crippen LogP contribution in [0.3, 0.4) is 0 Å². The third-order valence-corrected chi connectivity index (χ3v) is 4.35. The Morgan fingerprint density at radius 2 is 1.88 bits per heavy atom. The minimum atomic E-state index is 0.848. The normalized spacial score (nSPS) is 14.2. The molecule has 79 valence electrons. The zero-order chi connectivity index (χ0) is 11.0. The Kier molecular flexibility index (Phi) is 2.46. The largest absolute Gasteiger partial charge is 0.132 e. The summed E-state index contributed by atoms with van der Waals surface area (Å²) in [5, 5.41) is 1.54. The van der Waals surface area contributed by atoms with Crippen molar-refractivity contribution in [2.75, 3.05) is 0 Å². The summed E-state index contributed by atoms with van der Waals surface area (Å²) >= 11 is 0. The fourth-order valence-electron chi connectivity index (χ4n) is 2.26. The number of hydrogen-bond acceptors (Lipinski definition) is 0. The number of rotatable bonds is 2. The first-order valence-corrected chi connectivity index (χ1v) is 6.78. The molecule has 1 aromatic heterocycles. The maximum atomic E-state index is 2.32. The van der Waals surface area contributed by atoms with Gasteiger partial charge in [-0.05, 0) is 45.9 Å². The summed E-state index contributed by atoms with van der Waals surface area (Å²) in [6.07, 6.45) is 5.78. The zero-order valence-corrected chi connectivity index (χ0v) is 10.3. The van der Waals surface area contributed by atoms with E-state index >= 15 is 0 Å². The van der Waals surface area contributed by atoms with Gasteiger partial charge in [0.1, 0.15) is 0 Å². The van der Waals surface area contributed by atoms with Crippen molar-refractivity contribution in [1.29, 1.82) is 0 Å². The van der Waals surface area contributed by atoms with Gasteiger partial charge in [-0.2, -0.15) is 0 Å². The Morgan fingerprint density at radius 3 is 2.62 bits per heavy atom. The first-order valence-electron chi connectivity index (χ1n) is 5.70. The molecule has 1 heterocycles. The molecular weight excluding hydrogens is 211 g/mol. The van der Waals surface area contributed by atoms with Gasteiger partial charge in [0.05, 0.1) is 0 Å². The number of benzene rings is 1. The van der Waals surface area contributed by atoms with Gasteiger partial charge in [0.25, 0.3) is 0 Å². The van der Waals surface area contributed by atoms with Crippen LogP contribution in [0.2, 0.25) is 0 Å². The van der Waals surface area contributed by atoms with Crippen LogP contribution in [0.15, 0.2) is 36.1 Å².